The van der Waals surface area contributed by atoms with Crippen LogP contribution in [0.25, 0.3) is 0 Å². The van der Waals surface area contributed by atoms with Gasteiger partial charge in [-0.1, -0.05) is 0 Å². The summed E-state index contributed by atoms with van der Waals surface area (Å²) in [5.41, 5.74) is 0.0493. The molecular weight excluding hydrogens is 284 g/mol. The van der Waals surface area contributed by atoms with Crippen LogP contribution in [-0.4, -0.2) is 24.2 Å². The van der Waals surface area contributed by atoms with E-state index in [4.69, 9.17) is 9.31 Å². The molecule has 1 N–H and O–H groups in total. The van der Waals surface area contributed by atoms with Crippen molar-refractivity contribution in [2.75, 3.05) is 5.32 Å². The standard InChI is InChI=1S/C16H21BFNO3/c1-15(2)16(3,4)22-17(21-15)12-9-11(18)7-8-13(12)19-14(20)10-5-6-10/h7-10H,5-6H2,1-4H3,(H,19,20). The second-order valence-electron chi connectivity index (χ2n) is 7.08. The Balaban J connectivity index is 1.89. The van der Waals surface area contributed by atoms with Gasteiger partial charge in [0.05, 0.1) is 11.2 Å². The maximum atomic E-state index is 13.7. The van der Waals surface area contributed by atoms with Crippen molar-refractivity contribution in [1.29, 1.82) is 0 Å². The lowest BCUT2D eigenvalue weighted by Crippen LogP contribution is -2.41. The number of carbonyl (C=O) groups excluding carboxylic acids is 1. The van der Waals surface area contributed by atoms with Crippen LogP contribution in [0.1, 0.15) is 40.5 Å². The van der Waals surface area contributed by atoms with Gasteiger partial charge in [0.1, 0.15) is 5.82 Å². The highest BCUT2D eigenvalue weighted by atomic mass is 19.1. The molecule has 1 amide bonds. The minimum Gasteiger partial charge on any atom is -0.399 e. The zero-order valence-electron chi connectivity index (χ0n) is 13.4. The van der Waals surface area contributed by atoms with Crippen LogP contribution in [0.5, 0.6) is 0 Å². The highest BCUT2D eigenvalue weighted by Gasteiger charge is 2.52. The molecule has 0 aromatic heterocycles. The molecule has 0 spiro atoms. The summed E-state index contributed by atoms with van der Waals surface area (Å²) in [7, 11) is -0.699. The summed E-state index contributed by atoms with van der Waals surface area (Å²) in [6, 6.07) is 4.26. The fraction of sp³-hybridized carbons (Fsp3) is 0.562. The molecule has 118 valence electrons. The van der Waals surface area contributed by atoms with E-state index >= 15 is 0 Å². The van der Waals surface area contributed by atoms with Gasteiger partial charge < -0.3 is 14.6 Å². The third kappa shape index (κ3) is 2.77. The molecule has 4 nitrogen and oxygen atoms in total. The predicted octanol–water partition coefficient (Wildman–Crippen LogP) is 2.47. The number of rotatable bonds is 3. The fourth-order valence-electron chi connectivity index (χ4n) is 2.39. The van der Waals surface area contributed by atoms with Gasteiger partial charge in [0.25, 0.3) is 0 Å². The van der Waals surface area contributed by atoms with Crippen LogP contribution >= 0.6 is 0 Å². The molecule has 2 fully saturated rings. The highest BCUT2D eigenvalue weighted by molar-refractivity contribution is 6.64. The van der Waals surface area contributed by atoms with E-state index < -0.39 is 18.3 Å². The van der Waals surface area contributed by atoms with Crippen molar-refractivity contribution >= 4 is 24.2 Å². The molecular formula is C16H21BFNO3. The molecule has 0 unspecified atom stereocenters. The molecule has 0 bridgehead atoms. The van der Waals surface area contributed by atoms with Gasteiger partial charge in [-0.15, -0.1) is 0 Å². The van der Waals surface area contributed by atoms with E-state index in [2.05, 4.69) is 5.32 Å². The molecule has 1 aromatic carbocycles. The van der Waals surface area contributed by atoms with E-state index in [1.807, 2.05) is 27.7 Å². The molecule has 1 aliphatic carbocycles. The highest BCUT2D eigenvalue weighted by Crippen LogP contribution is 2.37. The van der Waals surface area contributed by atoms with Crippen LogP contribution in [0, 0.1) is 11.7 Å². The van der Waals surface area contributed by atoms with Crippen LogP contribution in [-0.2, 0) is 14.1 Å². The van der Waals surface area contributed by atoms with Crippen LogP contribution < -0.4 is 10.8 Å². The Morgan fingerprint density at radius 3 is 2.36 bits per heavy atom. The summed E-state index contributed by atoms with van der Waals surface area (Å²) < 4.78 is 25.6. The van der Waals surface area contributed by atoms with E-state index in [1.54, 1.807) is 6.07 Å². The lowest BCUT2D eigenvalue weighted by molar-refractivity contribution is -0.117. The topological polar surface area (TPSA) is 47.6 Å². The largest absolute Gasteiger partial charge is 0.497 e. The first-order valence-electron chi connectivity index (χ1n) is 7.65. The van der Waals surface area contributed by atoms with Gasteiger partial charge >= 0.3 is 7.12 Å². The number of hydrogen-bond donors (Lipinski definition) is 1. The average Bonchev–Trinajstić information content (AvgIpc) is 3.20. The minimum absolute atomic E-state index is 0.0237. The summed E-state index contributed by atoms with van der Waals surface area (Å²) in [6.45, 7) is 7.76. The lowest BCUT2D eigenvalue weighted by Gasteiger charge is -2.32. The Labute approximate surface area is 130 Å². The van der Waals surface area contributed by atoms with Crippen LogP contribution in [0.3, 0.4) is 0 Å². The van der Waals surface area contributed by atoms with E-state index in [0.29, 0.717) is 11.2 Å². The second kappa shape index (κ2) is 5.06. The molecule has 1 aliphatic heterocycles. The molecule has 6 heteroatoms. The number of nitrogens with one attached hydrogen (secondary N) is 1. The van der Waals surface area contributed by atoms with Gasteiger partial charge in [0, 0.05) is 17.1 Å². The van der Waals surface area contributed by atoms with Crippen LogP contribution in [0.15, 0.2) is 18.2 Å². The van der Waals surface area contributed by atoms with Gasteiger partial charge in [-0.3, -0.25) is 4.79 Å². The van der Waals surface area contributed by atoms with Crippen molar-refractivity contribution in [3.63, 3.8) is 0 Å². The number of benzene rings is 1. The van der Waals surface area contributed by atoms with E-state index in [1.165, 1.54) is 12.1 Å². The molecule has 0 radical (unpaired) electrons. The Morgan fingerprint density at radius 1 is 1.23 bits per heavy atom. The van der Waals surface area contributed by atoms with Crippen LogP contribution in [0.4, 0.5) is 10.1 Å². The van der Waals surface area contributed by atoms with E-state index in [0.717, 1.165) is 12.8 Å². The Bertz CT molecular complexity index is 597. The number of anilines is 1. The number of halogens is 1. The fourth-order valence-corrected chi connectivity index (χ4v) is 2.39. The van der Waals surface area contributed by atoms with Crippen molar-refractivity contribution in [1.82, 2.24) is 0 Å². The summed E-state index contributed by atoms with van der Waals surface area (Å²) in [5, 5.41) is 2.87. The quantitative estimate of drug-likeness (QED) is 0.873. The number of amides is 1. The van der Waals surface area contributed by atoms with Crippen molar-refractivity contribution < 1.29 is 18.5 Å². The smallest absolute Gasteiger partial charge is 0.399 e. The number of hydrogen-bond acceptors (Lipinski definition) is 3. The first kappa shape index (κ1) is 15.5. The molecule has 1 heterocycles. The third-order valence-electron chi connectivity index (χ3n) is 4.73. The second-order valence-corrected chi connectivity index (χ2v) is 7.08. The summed E-state index contributed by atoms with van der Waals surface area (Å²) in [4.78, 5) is 12.0. The van der Waals surface area contributed by atoms with Gasteiger partial charge in [0.15, 0.2) is 0 Å². The molecule has 0 atom stereocenters. The monoisotopic (exact) mass is 305 g/mol. The van der Waals surface area contributed by atoms with Crippen molar-refractivity contribution in [2.24, 2.45) is 5.92 Å². The number of carbonyl (C=O) groups is 1. The van der Waals surface area contributed by atoms with Crippen molar-refractivity contribution in [3.8, 4) is 0 Å². The van der Waals surface area contributed by atoms with E-state index in [-0.39, 0.29) is 17.6 Å². The van der Waals surface area contributed by atoms with Gasteiger partial charge in [-0.05, 0) is 58.7 Å². The molecule has 2 aliphatic rings. The predicted molar refractivity (Wildman–Crippen MR) is 83.5 cm³/mol. The molecule has 1 saturated heterocycles. The first-order valence-corrected chi connectivity index (χ1v) is 7.65. The van der Waals surface area contributed by atoms with Crippen LogP contribution in [0.2, 0.25) is 0 Å². The van der Waals surface area contributed by atoms with Crippen molar-refractivity contribution in [2.45, 2.75) is 51.7 Å². The maximum absolute atomic E-state index is 13.7. The average molecular weight is 305 g/mol. The Hall–Kier alpha value is -1.40. The Kier molecular flexibility index (Phi) is 3.57. The maximum Gasteiger partial charge on any atom is 0.497 e. The normalized spacial score (nSPS) is 22.7. The lowest BCUT2D eigenvalue weighted by atomic mass is 9.77. The molecule has 1 aromatic rings. The SMILES string of the molecule is CC1(C)OB(c2cc(F)ccc2NC(=O)C2CC2)OC1(C)C. The Morgan fingerprint density at radius 2 is 1.82 bits per heavy atom. The molecule has 1 saturated carbocycles. The van der Waals surface area contributed by atoms with Crippen molar-refractivity contribution in [3.05, 3.63) is 24.0 Å². The van der Waals surface area contributed by atoms with Gasteiger partial charge in [-0.2, -0.15) is 0 Å². The zero-order chi connectivity index (χ0) is 16.1. The third-order valence-corrected chi connectivity index (χ3v) is 4.73. The summed E-state index contributed by atoms with van der Waals surface area (Å²) >= 11 is 0. The summed E-state index contributed by atoms with van der Waals surface area (Å²) in [5.74, 6) is -0.324. The van der Waals surface area contributed by atoms with E-state index in [9.17, 15) is 9.18 Å². The molecule has 22 heavy (non-hydrogen) atoms. The first-order chi connectivity index (χ1) is 10.2. The zero-order valence-corrected chi connectivity index (χ0v) is 13.4. The summed E-state index contributed by atoms with van der Waals surface area (Å²) in [6.07, 6.45) is 1.83. The molecule has 3 rings (SSSR count). The minimum atomic E-state index is -0.699. The van der Waals surface area contributed by atoms with Gasteiger partial charge in [-0.25, -0.2) is 4.39 Å². The van der Waals surface area contributed by atoms with Gasteiger partial charge in [0.2, 0.25) is 5.91 Å².